The first-order valence-corrected chi connectivity index (χ1v) is 12.6. The van der Waals surface area contributed by atoms with E-state index in [-0.39, 0.29) is 24.8 Å². The van der Waals surface area contributed by atoms with Crippen molar-refractivity contribution in [3.8, 4) is 11.5 Å². The molecule has 4 N–H and O–H groups in total. The van der Waals surface area contributed by atoms with Gasteiger partial charge in [0, 0.05) is 5.56 Å². The lowest BCUT2D eigenvalue weighted by molar-refractivity contribution is -0.121. The molecular weight excluding hydrogens is 587 g/mol. The van der Waals surface area contributed by atoms with Gasteiger partial charge in [0.1, 0.15) is 0 Å². The zero-order valence-electron chi connectivity index (χ0n) is 20.1. The number of nitrogens with two attached hydrogens (primary N) is 1. The van der Waals surface area contributed by atoms with Gasteiger partial charge in [-0.2, -0.15) is 5.10 Å². The Labute approximate surface area is 228 Å². The van der Waals surface area contributed by atoms with Crippen LogP contribution in [0.5, 0.6) is 11.5 Å². The molecule has 0 fully saturated rings. The van der Waals surface area contributed by atoms with Crippen molar-refractivity contribution in [1.82, 2.24) is 10.7 Å². The van der Waals surface area contributed by atoms with Crippen molar-refractivity contribution in [3.05, 3.63) is 93.1 Å². The zero-order chi connectivity index (χ0) is 26.6. The first kappa shape index (κ1) is 27.7. The minimum atomic E-state index is -0.597. The maximum absolute atomic E-state index is 12.7. The summed E-state index contributed by atoms with van der Waals surface area (Å²) in [6.45, 7) is 1.93. The fourth-order valence-electron chi connectivity index (χ4n) is 3.39. The molecule has 0 saturated carbocycles. The summed E-state index contributed by atoms with van der Waals surface area (Å²) >= 11 is 2.06. The average Bonchev–Trinajstić information content (AvgIpc) is 2.89. The summed E-state index contributed by atoms with van der Waals surface area (Å²) in [5.74, 6) is -0.416. The summed E-state index contributed by atoms with van der Waals surface area (Å²) in [4.78, 5) is 36.5. The van der Waals surface area contributed by atoms with E-state index in [4.69, 9.17) is 15.2 Å². The number of benzene rings is 3. The summed E-state index contributed by atoms with van der Waals surface area (Å²) in [6.07, 6.45) is 1.46. The second-order valence-electron chi connectivity index (χ2n) is 7.82. The predicted octanol–water partition coefficient (Wildman–Crippen LogP) is 3.57. The Morgan fingerprint density at radius 1 is 1.03 bits per heavy atom. The van der Waals surface area contributed by atoms with Gasteiger partial charge in [0.15, 0.2) is 18.1 Å². The highest BCUT2D eigenvalue weighted by atomic mass is 127. The van der Waals surface area contributed by atoms with Crippen LogP contribution in [0.2, 0.25) is 0 Å². The van der Waals surface area contributed by atoms with Crippen molar-refractivity contribution >= 4 is 46.5 Å². The number of hydrogen-bond acceptors (Lipinski definition) is 6. The molecule has 0 aliphatic rings. The Bertz CT molecular complexity index is 1250. The molecular formula is C27H27IN4O5. The van der Waals surface area contributed by atoms with Crippen LogP contribution in [-0.4, -0.2) is 37.1 Å². The lowest BCUT2D eigenvalue weighted by atomic mass is 10.0. The van der Waals surface area contributed by atoms with Crippen LogP contribution < -0.4 is 25.9 Å². The third-order valence-electron chi connectivity index (χ3n) is 5.03. The van der Waals surface area contributed by atoms with Crippen LogP contribution in [0.4, 0.5) is 0 Å². The van der Waals surface area contributed by atoms with Crippen LogP contribution in [0.3, 0.4) is 0 Å². The van der Waals surface area contributed by atoms with Gasteiger partial charge >= 0.3 is 0 Å². The molecule has 3 rings (SSSR count). The maximum atomic E-state index is 12.7. The Kier molecular flexibility index (Phi) is 10.4. The van der Waals surface area contributed by atoms with E-state index in [9.17, 15) is 14.4 Å². The van der Waals surface area contributed by atoms with E-state index in [0.717, 1.165) is 5.56 Å². The van der Waals surface area contributed by atoms with Crippen LogP contribution >= 0.6 is 22.6 Å². The number of nitrogens with zero attached hydrogens (tertiary/aromatic N) is 1. The van der Waals surface area contributed by atoms with E-state index < -0.39 is 11.9 Å². The monoisotopic (exact) mass is 614 g/mol. The number of nitrogens with one attached hydrogen (secondary N) is 2. The molecule has 10 heteroatoms. The highest BCUT2D eigenvalue weighted by Gasteiger charge is 2.19. The number of ether oxygens (including phenoxy) is 2. The first-order chi connectivity index (χ1) is 17.9. The number of carbonyl (C=O) groups is 3. The molecule has 3 amide bonds. The number of hydrogen-bond donors (Lipinski definition) is 3. The van der Waals surface area contributed by atoms with Gasteiger partial charge in [-0.05, 0) is 64.9 Å². The zero-order valence-corrected chi connectivity index (χ0v) is 22.3. The van der Waals surface area contributed by atoms with Crippen molar-refractivity contribution in [2.24, 2.45) is 10.8 Å². The molecule has 0 unspecified atom stereocenters. The molecule has 3 aromatic rings. The van der Waals surface area contributed by atoms with Gasteiger partial charge in [-0.3, -0.25) is 14.4 Å². The maximum Gasteiger partial charge on any atom is 0.255 e. The van der Waals surface area contributed by atoms with Gasteiger partial charge in [0.25, 0.3) is 11.8 Å². The molecule has 1 atom stereocenters. The molecule has 192 valence electrons. The van der Waals surface area contributed by atoms with Crippen molar-refractivity contribution < 1.29 is 23.9 Å². The number of rotatable bonds is 12. The summed E-state index contributed by atoms with van der Waals surface area (Å²) in [5, 5.41) is 6.99. The fraction of sp³-hybridized carbons (Fsp3) is 0.185. The number of primary amides is 1. The van der Waals surface area contributed by atoms with Gasteiger partial charge < -0.3 is 20.5 Å². The van der Waals surface area contributed by atoms with Gasteiger partial charge in [0.05, 0.1) is 28.9 Å². The average molecular weight is 614 g/mol. The minimum Gasteiger partial charge on any atom is -0.490 e. The van der Waals surface area contributed by atoms with Crippen molar-refractivity contribution in [3.63, 3.8) is 0 Å². The van der Waals surface area contributed by atoms with Crippen LogP contribution in [-0.2, 0) is 9.59 Å². The van der Waals surface area contributed by atoms with E-state index in [1.54, 1.807) is 36.4 Å². The number of halogens is 1. The highest BCUT2D eigenvalue weighted by Crippen LogP contribution is 2.33. The predicted molar refractivity (Wildman–Crippen MR) is 148 cm³/mol. The van der Waals surface area contributed by atoms with Gasteiger partial charge in [-0.1, -0.05) is 48.5 Å². The summed E-state index contributed by atoms with van der Waals surface area (Å²) in [7, 11) is 0. The molecule has 0 aliphatic carbocycles. The van der Waals surface area contributed by atoms with Crippen molar-refractivity contribution in [2.75, 3.05) is 13.2 Å². The van der Waals surface area contributed by atoms with Gasteiger partial charge in [-0.25, -0.2) is 5.43 Å². The van der Waals surface area contributed by atoms with Crippen LogP contribution in [0.1, 0.15) is 40.9 Å². The van der Waals surface area contributed by atoms with Crippen LogP contribution in [0.25, 0.3) is 0 Å². The minimum absolute atomic E-state index is 0.0123. The Morgan fingerprint density at radius 3 is 2.35 bits per heavy atom. The fourth-order valence-corrected chi connectivity index (χ4v) is 4.17. The Morgan fingerprint density at radius 2 is 1.70 bits per heavy atom. The lowest BCUT2D eigenvalue weighted by Gasteiger charge is -2.18. The highest BCUT2D eigenvalue weighted by molar-refractivity contribution is 14.1. The topological polar surface area (TPSA) is 132 Å². The largest absolute Gasteiger partial charge is 0.490 e. The third kappa shape index (κ3) is 8.60. The quantitative estimate of drug-likeness (QED) is 0.163. The number of amides is 3. The van der Waals surface area contributed by atoms with E-state index in [1.807, 2.05) is 43.3 Å². The molecule has 0 saturated heterocycles. The van der Waals surface area contributed by atoms with E-state index in [0.29, 0.717) is 32.8 Å². The third-order valence-corrected chi connectivity index (χ3v) is 5.83. The summed E-state index contributed by atoms with van der Waals surface area (Å²) in [5.41, 5.74) is 9.64. The summed E-state index contributed by atoms with van der Waals surface area (Å²) < 4.78 is 11.8. The van der Waals surface area contributed by atoms with Crippen molar-refractivity contribution in [1.29, 1.82) is 0 Å². The lowest BCUT2D eigenvalue weighted by Crippen LogP contribution is -2.32. The van der Waals surface area contributed by atoms with Crippen LogP contribution in [0, 0.1) is 3.57 Å². The molecule has 0 spiro atoms. The molecule has 3 aromatic carbocycles. The number of carbonyl (C=O) groups excluding carboxylic acids is 3. The summed E-state index contributed by atoms with van der Waals surface area (Å²) in [6, 6.07) is 21.0. The smallest absolute Gasteiger partial charge is 0.255 e. The number of hydrazone groups is 1. The van der Waals surface area contributed by atoms with Crippen LogP contribution in [0.15, 0.2) is 77.9 Å². The standard InChI is InChI=1S/C27H27IN4O5/c1-2-36-23-14-18(13-21(28)26(23)37-17-24(29)33)16-30-32-25(34)15-22(19-9-5-3-6-10-19)31-27(35)20-11-7-4-8-12-20/h3-14,16,22H,2,15,17H2,1H3,(H2,29,33)(H,31,35)(H,32,34)/b30-16-/t22-/m0/s1. The van der Waals surface area contributed by atoms with Crippen molar-refractivity contribution in [2.45, 2.75) is 19.4 Å². The van der Waals surface area contributed by atoms with E-state index in [2.05, 4.69) is 38.4 Å². The first-order valence-electron chi connectivity index (χ1n) is 11.5. The second-order valence-corrected chi connectivity index (χ2v) is 8.98. The molecule has 9 nitrogen and oxygen atoms in total. The molecule has 0 bridgehead atoms. The SMILES string of the molecule is CCOc1cc(/C=N\NC(=O)C[C@H](NC(=O)c2ccccc2)c2ccccc2)cc(I)c1OCC(N)=O. The second kappa shape index (κ2) is 14.0. The Hall–Kier alpha value is -3.93. The van der Waals surface area contributed by atoms with E-state index in [1.165, 1.54) is 6.21 Å². The normalized spacial score (nSPS) is 11.5. The molecule has 0 radical (unpaired) electrons. The molecule has 37 heavy (non-hydrogen) atoms. The molecule has 0 heterocycles. The van der Waals surface area contributed by atoms with E-state index >= 15 is 0 Å². The molecule has 0 aliphatic heterocycles. The van der Waals surface area contributed by atoms with Gasteiger partial charge in [0.2, 0.25) is 5.91 Å². The Balaban J connectivity index is 1.69. The molecule has 0 aromatic heterocycles. The van der Waals surface area contributed by atoms with Gasteiger partial charge in [-0.15, -0.1) is 0 Å².